The summed E-state index contributed by atoms with van der Waals surface area (Å²) in [5.41, 5.74) is 2.99. The number of piperidine rings is 1. The zero-order valence-corrected chi connectivity index (χ0v) is 13.3. The summed E-state index contributed by atoms with van der Waals surface area (Å²) in [6, 6.07) is 13.8. The molecule has 1 aliphatic heterocycles. The smallest absolute Gasteiger partial charge is 0.0448 e. The van der Waals surface area contributed by atoms with Gasteiger partial charge in [0.25, 0.3) is 0 Å². The van der Waals surface area contributed by atoms with Crippen LogP contribution in [-0.2, 0) is 6.42 Å². The molecule has 0 bridgehead atoms. The highest BCUT2D eigenvalue weighted by atomic mass is 15.1. The van der Waals surface area contributed by atoms with Crippen LogP contribution in [-0.4, -0.2) is 13.1 Å². The second kappa shape index (κ2) is 6.98. The fourth-order valence-electron chi connectivity index (χ4n) is 3.47. The molecule has 2 aromatic carbocycles. The van der Waals surface area contributed by atoms with Gasteiger partial charge in [0, 0.05) is 24.2 Å². The molecule has 0 N–H and O–H groups in total. The minimum atomic E-state index is 1.22. The molecule has 0 unspecified atom stereocenters. The molecule has 3 rings (SSSR count). The fourth-order valence-corrected chi connectivity index (χ4v) is 3.47. The number of fused-ring (bicyclic) bond motifs is 1. The van der Waals surface area contributed by atoms with E-state index in [2.05, 4.69) is 48.2 Å². The van der Waals surface area contributed by atoms with Gasteiger partial charge in [-0.1, -0.05) is 50.1 Å². The predicted molar refractivity (Wildman–Crippen MR) is 93.2 cm³/mol. The maximum atomic E-state index is 2.61. The summed E-state index contributed by atoms with van der Waals surface area (Å²) in [4.78, 5) is 2.61. The average molecular weight is 281 g/mol. The molecular weight excluding hydrogens is 254 g/mol. The van der Waals surface area contributed by atoms with E-state index in [1.807, 2.05) is 0 Å². The van der Waals surface area contributed by atoms with Crippen molar-refractivity contribution in [1.29, 1.82) is 0 Å². The van der Waals surface area contributed by atoms with Crippen LogP contribution in [0.2, 0.25) is 0 Å². The molecule has 0 radical (unpaired) electrons. The summed E-state index contributed by atoms with van der Waals surface area (Å²) >= 11 is 0. The molecule has 21 heavy (non-hydrogen) atoms. The lowest BCUT2D eigenvalue weighted by molar-refractivity contribution is 0.579. The number of aryl methyl sites for hydroxylation is 1. The van der Waals surface area contributed by atoms with Crippen LogP contribution in [0.1, 0.15) is 51.0 Å². The van der Waals surface area contributed by atoms with Crippen LogP contribution >= 0.6 is 0 Å². The van der Waals surface area contributed by atoms with E-state index in [-0.39, 0.29) is 0 Å². The summed E-state index contributed by atoms with van der Waals surface area (Å²) in [7, 11) is 0. The molecule has 1 aliphatic rings. The standard InChI is InChI=1S/C20H27N/c1-2-3-5-10-17-15-18-11-6-7-12-19(18)20(16-17)21-13-8-4-9-14-21/h6-7,11-12,15-16H,2-5,8-10,13-14H2,1H3. The Morgan fingerprint density at radius 3 is 2.57 bits per heavy atom. The molecule has 1 nitrogen and oxygen atoms in total. The largest absolute Gasteiger partial charge is 0.371 e. The zero-order chi connectivity index (χ0) is 14.5. The van der Waals surface area contributed by atoms with Gasteiger partial charge in [-0.3, -0.25) is 0 Å². The van der Waals surface area contributed by atoms with Crippen LogP contribution in [0.25, 0.3) is 10.8 Å². The van der Waals surface area contributed by atoms with Crippen LogP contribution in [0.15, 0.2) is 36.4 Å². The third-order valence-electron chi connectivity index (χ3n) is 4.67. The summed E-state index contributed by atoms with van der Waals surface area (Å²) in [6.45, 7) is 4.73. The Hall–Kier alpha value is -1.50. The van der Waals surface area contributed by atoms with Gasteiger partial charge in [0.2, 0.25) is 0 Å². The highest BCUT2D eigenvalue weighted by Gasteiger charge is 2.14. The van der Waals surface area contributed by atoms with Gasteiger partial charge >= 0.3 is 0 Å². The first-order valence-corrected chi connectivity index (χ1v) is 8.65. The van der Waals surface area contributed by atoms with Crippen molar-refractivity contribution in [3.63, 3.8) is 0 Å². The van der Waals surface area contributed by atoms with Crippen LogP contribution < -0.4 is 4.90 Å². The van der Waals surface area contributed by atoms with Gasteiger partial charge in [0.1, 0.15) is 0 Å². The lowest BCUT2D eigenvalue weighted by Crippen LogP contribution is -2.29. The van der Waals surface area contributed by atoms with Gasteiger partial charge in [-0.15, -0.1) is 0 Å². The van der Waals surface area contributed by atoms with E-state index in [4.69, 9.17) is 0 Å². The average Bonchev–Trinajstić information content (AvgIpc) is 2.55. The first kappa shape index (κ1) is 14.4. The SMILES string of the molecule is CCCCCc1cc(N2CCCCC2)c2ccccc2c1. The summed E-state index contributed by atoms with van der Waals surface area (Å²) < 4.78 is 0. The number of anilines is 1. The van der Waals surface area contributed by atoms with Crippen molar-refractivity contribution in [2.24, 2.45) is 0 Å². The normalized spacial score (nSPS) is 15.6. The molecule has 112 valence electrons. The second-order valence-corrected chi connectivity index (χ2v) is 6.34. The lowest BCUT2D eigenvalue weighted by Gasteiger charge is -2.30. The molecule has 0 aliphatic carbocycles. The Morgan fingerprint density at radius 2 is 1.76 bits per heavy atom. The van der Waals surface area contributed by atoms with Crippen LogP contribution in [0.5, 0.6) is 0 Å². The molecular formula is C20H27N. The molecule has 1 heteroatoms. The van der Waals surface area contributed by atoms with Gasteiger partial charge in [0.05, 0.1) is 0 Å². The molecule has 1 saturated heterocycles. The van der Waals surface area contributed by atoms with E-state index in [0.29, 0.717) is 0 Å². The number of unbranched alkanes of at least 4 members (excludes halogenated alkanes) is 2. The minimum Gasteiger partial charge on any atom is -0.371 e. The molecule has 0 amide bonds. The number of nitrogens with zero attached hydrogens (tertiary/aromatic N) is 1. The zero-order valence-electron chi connectivity index (χ0n) is 13.3. The Balaban J connectivity index is 1.94. The molecule has 0 aromatic heterocycles. The van der Waals surface area contributed by atoms with E-state index < -0.39 is 0 Å². The van der Waals surface area contributed by atoms with Crippen molar-refractivity contribution in [1.82, 2.24) is 0 Å². The van der Waals surface area contributed by atoms with Crippen molar-refractivity contribution >= 4 is 16.5 Å². The molecule has 0 saturated carbocycles. The molecule has 2 aromatic rings. The maximum absolute atomic E-state index is 2.61. The number of rotatable bonds is 5. The Bertz CT molecular complexity index is 581. The highest BCUT2D eigenvalue weighted by molar-refractivity contribution is 5.95. The van der Waals surface area contributed by atoms with Crippen LogP contribution in [0.4, 0.5) is 5.69 Å². The predicted octanol–water partition coefficient (Wildman–Crippen LogP) is 5.56. The number of benzene rings is 2. The van der Waals surface area contributed by atoms with Crippen molar-refractivity contribution in [2.75, 3.05) is 18.0 Å². The van der Waals surface area contributed by atoms with Gasteiger partial charge in [-0.05, 0) is 49.1 Å². The first-order chi connectivity index (χ1) is 10.4. The topological polar surface area (TPSA) is 3.24 Å². The number of hydrogen-bond acceptors (Lipinski definition) is 1. The molecule has 1 heterocycles. The van der Waals surface area contributed by atoms with E-state index in [1.165, 1.54) is 80.1 Å². The van der Waals surface area contributed by atoms with Gasteiger partial charge in [0.15, 0.2) is 0 Å². The van der Waals surface area contributed by atoms with Crippen LogP contribution in [0.3, 0.4) is 0 Å². The summed E-state index contributed by atoms with van der Waals surface area (Å²) in [6.07, 6.45) is 9.25. The maximum Gasteiger partial charge on any atom is 0.0448 e. The summed E-state index contributed by atoms with van der Waals surface area (Å²) in [5.74, 6) is 0. The van der Waals surface area contributed by atoms with E-state index >= 15 is 0 Å². The van der Waals surface area contributed by atoms with Gasteiger partial charge in [-0.25, -0.2) is 0 Å². The number of hydrogen-bond donors (Lipinski definition) is 0. The van der Waals surface area contributed by atoms with E-state index in [9.17, 15) is 0 Å². The monoisotopic (exact) mass is 281 g/mol. The van der Waals surface area contributed by atoms with Gasteiger partial charge in [-0.2, -0.15) is 0 Å². The third kappa shape index (κ3) is 3.40. The van der Waals surface area contributed by atoms with Crippen molar-refractivity contribution in [3.05, 3.63) is 42.0 Å². The van der Waals surface area contributed by atoms with Crippen molar-refractivity contribution < 1.29 is 0 Å². The first-order valence-electron chi connectivity index (χ1n) is 8.65. The Morgan fingerprint density at radius 1 is 0.952 bits per heavy atom. The van der Waals surface area contributed by atoms with E-state index in [0.717, 1.165) is 0 Å². The molecule has 1 fully saturated rings. The lowest BCUT2D eigenvalue weighted by atomic mass is 9.99. The van der Waals surface area contributed by atoms with Gasteiger partial charge < -0.3 is 4.90 Å². The Labute approximate surface area is 129 Å². The second-order valence-electron chi connectivity index (χ2n) is 6.34. The van der Waals surface area contributed by atoms with Crippen molar-refractivity contribution in [3.8, 4) is 0 Å². The molecule has 0 spiro atoms. The summed E-state index contributed by atoms with van der Waals surface area (Å²) in [5, 5.41) is 2.84. The quantitative estimate of drug-likeness (QED) is 0.648. The molecule has 0 atom stereocenters. The fraction of sp³-hybridized carbons (Fsp3) is 0.500. The highest BCUT2D eigenvalue weighted by Crippen LogP contribution is 2.31. The third-order valence-corrected chi connectivity index (χ3v) is 4.67. The van der Waals surface area contributed by atoms with Crippen LogP contribution in [0, 0.1) is 0 Å². The van der Waals surface area contributed by atoms with E-state index in [1.54, 1.807) is 0 Å². The minimum absolute atomic E-state index is 1.22. The Kier molecular flexibility index (Phi) is 4.80. The van der Waals surface area contributed by atoms with Crippen molar-refractivity contribution in [2.45, 2.75) is 51.9 Å².